The number of esters is 1. The molecule has 0 saturated heterocycles. The van der Waals surface area contributed by atoms with Crippen LogP contribution < -0.4 is 0 Å². The standard InChI is InChI=1S/C25H33N3O4/c1-15(2)32-22(29)19-14-20(24(3,4)5)26-28(19)17-9-10-18-16(13-17)11-12-27(23(30)31)21(18)25(6,7)8/h9-10,13-14,21H,1,11-12H2,2-8H3,(H,30,31). The molecule has 1 N–H and O–H groups in total. The second-order valence-corrected chi connectivity index (χ2v) is 10.5. The molecule has 1 aromatic carbocycles. The Labute approximate surface area is 189 Å². The molecule has 1 aliphatic heterocycles. The zero-order valence-electron chi connectivity index (χ0n) is 20.0. The van der Waals surface area contributed by atoms with Crippen molar-refractivity contribution >= 4 is 12.1 Å². The second-order valence-electron chi connectivity index (χ2n) is 10.5. The fourth-order valence-corrected chi connectivity index (χ4v) is 4.19. The number of fused-ring (bicyclic) bond motifs is 1. The van der Waals surface area contributed by atoms with Crippen LogP contribution in [0.4, 0.5) is 4.79 Å². The predicted octanol–water partition coefficient (Wildman–Crippen LogP) is 5.48. The lowest BCUT2D eigenvalue weighted by atomic mass is 9.77. The largest absolute Gasteiger partial charge is 0.465 e. The van der Waals surface area contributed by atoms with E-state index >= 15 is 0 Å². The molecule has 0 saturated carbocycles. The topological polar surface area (TPSA) is 84.7 Å². The van der Waals surface area contributed by atoms with E-state index in [1.165, 1.54) is 4.90 Å². The fourth-order valence-electron chi connectivity index (χ4n) is 4.19. The Morgan fingerprint density at radius 3 is 2.34 bits per heavy atom. The van der Waals surface area contributed by atoms with E-state index in [1.54, 1.807) is 17.7 Å². The summed E-state index contributed by atoms with van der Waals surface area (Å²) in [5.74, 6) is -0.199. The van der Waals surface area contributed by atoms with Crippen LogP contribution in [0.3, 0.4) is 0 Å². The van der Waals surface area contributed by atoms with E-state index in [9.17, 15) is 14.7 Å². The molecule has 2 aromatic rings. The average Bonchev–Trinajstić information content (AvgIpc) is 3.11. The minimum Gasteiger partial charge on any atom is -0.465 e. The SMILES string of the molecule is C=C(C)OC(=O)c1cc(C(C)(C)C)nn1-c1ccc2c(c1)CCN(C(=O)O)C2C(C)(C)C. The number of carboxylic acid groups (broad SMARTS) is 1. The van der Waals surface area contributed by atoms with Gasteiger partial charge in [-0.1, -0.05) is 54.2 Å². The number of benzene rings is 1. The van der Waals surface area contributed by atoms with Crippen LogP contribution in [0.15, 0.2) is 36.6 Å². The van der Waals surface area contributed by atoms with Crippen LogP contribution in [0.1, 0.15) is 81.8 Å². The Morgan fingerprint density at radius 1 is 1.16 bits per heavy atom. The van der Waals surface area contributed by atoms with Gasteiger partial charge in [0, 0.05) is 12.0 Å². The minimum absolute atomic E-state index is 0.253. The molecule has 1 aromatic heterocycles. The molecule has 7 heteroatoms. The van der Waals surface area contributed by atoms with Gasteiger partial charge in [-0.25, -0.2) is 14.3 Å². The summed E-state index contributed by atoms with van der Waals surface area (Å²) in [5.41, 5.74) is 3.37. The molecule has 172 valence electrons. The van der Waals surface area contributed by atoms with Crippen molar-refractivity contribution in [2.45, 2.75) is 66.3 Å². The van der Waals surface area contributed by atoms with Gasteiger partial charge in [0.2, 0.25) is 0 Å². The van der Waals surface area contributed by atoms with E-state index in [0.29, 0.717) is 24.4 Å². The molecule has 7 nitrogen and oxygen atoms in total. The quantitative estimate of drug-likeness (QED) is 0.505. The number of rotatable bonds is 3. The molecule has 1 aliphatic rings. The van der Waals surface area contributed by atoms with Crippen LogP contribution in [0, 0.1) is 5.41 Å². The number of hydrogen-bond acceptors (Lipinski definition) is 4. The zero-order chi connectivity index (χ0) is 24.0. The maximum atomic E-state index is 12.8. The van der Waals surface area contributed by atoms with Crippen molar-refractivity contribution in [3.63, 3.8) is 0 Å². The lowest BCUT2D eigenvalue weighted by molar-refractivity contribution is 0.0617. The van der Waals surface area contributed by atoms with Crippen LogP contribution in [0.25, 0.3) is 5.69 Å². The zero-order valence-corrected chi connectivity index (χ0v) is 20.0. The molecular formula is C25H33N3O4. The Balaban J connectivity index is 2.13. The molecule has 1 unspecified atom stereocenters. The van der Waals surface area contributed by atoms with Gasteiger partial charge in [-0.05, 0) is 48.1 Å². The molecule has 1 atom stereocenters. The Bertz CT molecular complexity index is 1070. The van der Waals surface area contributed by atoms with Gasteiger partial charge in [0.25, 0.3) is 0 Å². The van der Waals surface area contributed by atoms with Crippen LogP contribution in [0.5, 0.6) is 0 Å². The third kappa shape index (κ3) is 4.56. The summed E-state index contributed by atoms with van der Waals surface area (Å²) in [6.45, 7) is 18.0. The summed E-state index contributed by atoms with van der Waals surface area (Å²) < 4.78 is 6.89. The lowest BCUT2D eigenvalue weighted by Crippen LogP contribution is -2.44. The molecule has 2 heterocycles. The third-order valence-electron chi connectivity index (χ3n) is 5.62. The maximum absolute atomic E-state index is 12.8. The number of allylic oxidation sites excluding steroid dienone is 1. The highest BCUT2D eigenvalue weighted by molar-refractivity contribution is 5.89. The minimum atomic E-state index is -0.911. The van der Waals surface area contributed by atoms with Gasteiger partial charge >= 0.3 is 12.1 Å². The van der Waals surface area contributed by atoms with E-state index in [0.717, 1.165) is 22.5 Å². The average molecular weight is 440 g/mol. The van der Waals surface area contributed by atoms with Gasteiger partial charge in [-0.15, -0.1) is 0 Å². The molecule has 3 rings (SSSR count). The Morgan fingerprint density at radius 2 is 1.81 bits per heavy atom. The second kappa shape index (κ2) is 8.11. The van der Waals surface area contributed by atoms with Crippen LogP contribution in [-0.2, 0) is 16.6 Å². The fraction of sp³-hybridized carbons (Fsp3) is 0.480. The number of ether oxygens (including phenoxy) is 1. The molecule has 0 fully saturated rings. The van der Waals surface area contributed by atoms with Crippen molar-refractivity contribution in [3.8, 4) is 5.69 Å². The summed E-state index contributed by atoms with van der Waals surface area (Å²) >= 11 is 0. The van der Waals surface area contributed by atoms with Crippen molar-refractivity contribution < 1.29 is 19.4 Å². The maximum Gasteiger partial charge on any atom is 0.407 e. The van der Waals surface area contributed by atoms with E-state index < -0.39 is 12.1 Å². The molecule has 0 aliphatic carbocycles. The molecule has 32 heavy (non-hydrogen) atoms. The molecule has 0 radical (unpaired) electrons. The van der Waals surface area contributed by atoms with Crippen LogP contribution in [0.2, 0.25) is 0 Å². The van der Waals surface area contributed by atoms with Crippen molar-refractivity contribution in [3.05, 3.63) is 59.1 Å². The van der Waals surface area contributed by atoms with E-state index in [-0.39, 0.29) is 16.9 Å². The monoisotopic (exact) mass is 439 g/mol. The van der Waals surface area contributed by atoms with Crippen molar-refractivity contribution in [1.82, 2.24) is 14.7 Å². The van der Waals surface area contributed by atoms with Crippen molar-refractivity contribution in [2.75, 3.05) is 6.54 Å². The van der Waals surface area contributed by atoms with Crippen molar-refractivity contribution in [1.29, 1.82) is 0 Å². The van der Waals surface area contributed by atoms with E-state index in [4.69, 9.17) is 9.84 Å². The van der Waals surface area contributed by atoms with Gasteiger partial charge in [0.1, 0.15) is 0 Å². The van der Waals surface area contributed by atoms with E-state index in [2.05, 4.69) is 6.58 Å². The van der Waals surface area contributed by atoms with Gasteiger partial charge in [0.15, 0.2) is 5.69 Å². The smallest absolute Gasteiger partial charge is 0.407 e. The van der Waals surface area contributed by atoms with Crippen LogP contribution >= 0.6 is 0 Å². The van der Waals surface area contributed by atoms with Crippen molar-refractivity contribution in [2.24, 2.45) is 5.41 Å². The number of hydrogen-bond donors (Lipinski definition) is 1. The lowest BCUT2D eigenvalue weighted by Gasteiger charge is -2.43. The number of carbonyl (C=O) groups is 2. The number of nitrogens with zero attached hydrogens (tertiary/aromatic N) is 3. The first-order chi connectivity index (χ1) is 14.7. The first-order valence-electron chi connectivity index (χ1n) is 10.8. The Kier molecular flexibility index (Phi) is 5.98. The number of aromatic nitrogens is 2. The summed E-state index contributed by atoms with van der Waals surface area (Å²) in [7, 11) is 0. The number of amides is 1. The van der Waals surface area contributed by atoms with Gasteiger partial charge in [-0.2, -0.15) is 5.10 Å². The highest BCUT2D eigenvalue weighted by atomic mass is 16.5. The number of carbonyl (C=O) groups excluding carboxylic acids is 1. The normalized spacial score (nSPS) is 16.5. The van der Waals surface area contributed by atoms with Gasteiger partial charge in [-0.3, -0.25) is 0 Å². The third-order valence-corrected chi connectivity index (χ3v) is 5.62. The van der Waals surface area contributed by atoms with Gasteiger partial charge in [0.05, 0.1) is 23.2 Å². The summed E-state index contributed by atoms with van der Waals surface area (Å²) in [4.78, 5) is 26.1. The summed E-state index contributed by atoms with van der Waals surface area (Å²) in [5, 5.41) is 14.5. The summed E-state index contributed by atoms with van der Waals surface area (Å²) in [6, 6.07) is 7.36. The van der Waals surface area contributed by atoms with E-state index in [1.807, 2.05) is 59.7 Å². The summed E-state index contributed by atoms with van der Waals surface area (Å²) in [6.07, 6.45) is -0.313. The molecule has 1 amide bonds. The first kappa shape index (κ1) is 23.6. The van der Waals surface area contributed by atoms with Crippen LogP contribution in [-0.4, -0.2) is 38.4 Å². The first-order valence-corrected chi connectivity index (χ1v) is 10.8. The molecule has 0 bridgehead atoms. The Hall–Kier alpha value is -3.09. The molecular weight excluding hydrogens is 406 g/mol. The van der Waals surface area contributed by atoms with Gasteiger partial charge < -0.3 is 14.7 Å². The molecule has 0 spiro atoms. The predicted molar refractivity (Wildman–Crippen MR) is 123 cm³/mol. The highest BCUT2D eigenvalue weighted by Gasteiger charge is 2.39. The highest BCUT2D eigenvalue weighted by Crippen LogP contribution is 2.42.